The number of halogens is 1. The van der Waals surface area contributed by atoms with E-state index in [4.69, 9.17) is 4.74 Å². The van der Waals surface area contributed by atoms with Gasteiger partial charge in [-0.25, -0.2) is 4.39 Å². The van der Waals surface area contributed by atoms with Crippen molar-refractivity contribution in [3.63, 3.8) is 0 Å². The molecule has 0 saturated carbocycles. The van der Waals surface area contributed by atoms with E-state index >= 15 is 0 Å². The smallest absolute Gasteiger partial charge is 0.129 e. The lowest BCUT2D eigenvalue weighted by Crippen LogP contribution is -2.38. The lowest BCUT2D eigenvalue weighted by Gasteiger charge is -2.26. The van der Waals surface area contributed by atoms with Crippen LogP contribution in [0, 0.1) is 5.41 Å². The fourth-order valence-corrected chi connectivity index (χ4v) is 2.25. The first-order valence-corrected chi connectivity index (χ1v) is 5.15. The number of carbonyl (C=O) groups excluding carboxylic acids is 1. The van der Waals surface area contributed by atoms with Crippen LogP contribution in [-0.4, -0.2) is 50.2 Å². The normalized spacial score (nSPS) is 39.1. The van der Waals surface area contributed by atoms with Gasteiger partial charge in [-0.3, -0.25) is 4.90 Å². The first-order chi connectivity index (χ1) is 6.74. The fraction of sp³-hybridized carbons (Fsp3) is 0.900. The Morgan fingerprint density at radius 1 is 1.64 bits per heavy atom. The van der Waals surface area contributed by atoms with Gasteiger partial charge >= 0.3 is 0 Å². The van der Waals surface area contributed by atoms with Crippen LogP contribution >= 0.6 is 0 Å². The van der Waals surface area contributed by atoms with Crippen molar-refractivity contribution in [3.05, 3.63) is 0 Å². The molecule has 0 amide bonds. The molecule has 80 valence electrons. The summed E-state index contributed by atoms with van der Waals surface area (Å²) >= 11 is 0. The quantitative estimate of drug-likeness (QED) is 0.627. The van der Waals surface area contributed by atoms with Crippen LogP contribution in [0.4, 0.5) is 4.39 Å². The molecule has 2 fully saturated rings. The monoisotopic (exact) mass is 201 g/mol. The highest BCUT2D eigenvalue weighted by Crippen LogP contribution is 2.28. The zero-order chi connectivity index (χ0) is 10.0. The molecule has 2 atom stereocenters. The predicted molar refractivity (Wildman–Crippen MR) is 49.9 cm³/mol. The largest absolute Gasteiger partial charge is 0.380 e. The molecule has 0 N–H and O–H groups in total. The van der Waals surface area contributed by atoms with Crippen LogP contribution in [0.2, 0.25) is 0 Å². The SMILES string of the molecule is O=CC1(CN2CCC(F)C2)CCOC1. The molecular formula is C10H16FNO2. The summed E-state index contributed by atoms with van der Waals surface area (Å²) in [6.07, 6.45) is 1.67. The van der Waals surface area contributed by atoms with Crippen LogP contribution in [0.3, 0.4) is 0 Å². The summed E-state index contributed by atoms with van der Waals surface area (Å²) in [6, 6.07) is 0. The lowest BCUT2D eigenvalue weighted by atomic mass is 9.89. The second-order valence-electron chi connectivity index (χ2n) is 4.40. The highest BCUT2D eigenvalue weighted by molar-refractivity contribution is 5.60. The summed E-state index contributed by atoms with van der Waals surface area (Å²) < 4.78 is 18.2. The summed E-state index contributed by atoms with van der Waals surface area (Å²) in [6.45, 7) is 3.08. The zero-order valence-electron chi connectivity index (χ0n) is 8.25. The molecule has 2 aliphatic rings. The minimum absolute atomic E-state index is 0.357. The second kappa shape index (κ2) is 3.95. The number of carbonyl (C=O) groups is 1. The molecule has 0 spiro atoms. The van der Waals surface area contributed by atoms with Crippen LogP contribution in [-0.2, 0) is 9.53 Å². The molecule has 2 rings (SSSR count). The predicted octanol–water partition coefficient (Wildman–Crippen LogP) is 0.636. The number of rotatable bonds is 3. The molecule has 0 bridgehead atoms. The van der Waals surface area contributed by atoms with E-state index in [-0.39, 0.29) is 5.41 Å². The first kappa shape index (κ1) is 10.1. The molecule has 0 radical (unpaired) electrons. The molecule has 3 nitrogen and oxygen atoms in total. The third-order valence-electron chi connectivity index (χ3n) is 3.14. The maximum Gasteiger partial charge on any atom is 0.129 e. The van der Waals surface area contributed by atoms with Crippen LogP contribution in [0.15, 0.2) is 0 Å². The summed E-state index contributed by atoms with van der Waals surface area (Å²) in [4.78, 5) is 13.0. The number of hydrogen-bond acceptors (Lipinski definition) is 3. The number of ether oxygens (including phenoxy) is 1. The average molecular weight is 201 g/mol. The van der Waals surface area contributed by atoms with Gasteiger partial charge in [-0.15, -0.1) is 0 Å². The van der Waals surface area contributed by atoms with Crippen LogP contribution in [0.5, 0.6) is 0 Å². The van der Waals surface area contributed by atoms with Gasteiger partial charge in [0.25, 0.3) is 0 Å². The third kappa shape index (κ3) is 1.96. The molecule has 2 aliphatic heterocycles. The minimum atomic E-state index is -0.707. The van der Waals surface area contributed by atoms with E-state index in [9.17, 15) is 9.18 Å². The van der Waals surface area contributed by atoms with Gasteiger partial charge in [0, 0.05) is 26.2 Å². The summed E-state index contributed by atoms with van der Waals surface area (Å²) in [5.41, 5.74) is -0.357. The van der Waals surface area contributed by atoms with E-state index in [0.29, 0.717) is 32.7 Å². The van der Waals surface area contributed by atoms with Crippen molar-refractivity contribution in [1.29, 1.82) is 0 Å². The van der Waals surface area contributed by atoms with Crippen molar-refractivity contribution >= 4 is 6.29 Å². The van der Waals surface area contributed by atoms with E-state index < -0.39 is 6.17 Å². The molecular weight excluding hydrogens is 185 g/mol. The molecule has 2 saturated heterocycles. The van der Waals surface area contributed by atoms with Crippen LogP contribution < -0.4 is 0 Å². The van der Waals surface area contributed by atoms with E-state index in [1.807, 2.05) is 4.90 Å². The van der Waals surface area contributed by atoms with E-state index in [1.165, 1.54) is 0 Å². The number of alkyl halides is 1. The van der Waals surface area contributed by atoms with E-state index in [0.717, 1.165) is 19.3 Å². The van der Waals surface area contributed by atoms with Crippen molar-refractivity contribution in [2.45, 2.75) is 19.0 Å². The van der Waals surface area contributed by atoms with Crippen molar-refractivity contribution < 1.29 is 13.9 Å². The van der Waals surface area contributed by atoms with Crippen molar-refractivity contribution in [2.75, 3.05) is 32.8 Å². The maximum absolute atomic E-state index is 12.9. The molecule has 4 heteroatoms. The Hall–Kier alpha value is -0.480. The maximum atomic E-state index is 12.9. The highest BCUT2D eigenvalue weighted by atomic mass is 19.1. The number of aldehydes is 1. The van der Waals surface area contributed by atoms with Gasteiger partial charge in [0.1, 0.15) is 12.5 Å². The standard InChI is InChI=1S/C10H16FNO2/c11-9-1-3-12(5-9)6-10(7-13)2-4-14-8-10/h7,9H,1-6,8H2. The summed E-state index contributed by atoms with van der Waals surface area (Å²) in [5.74, 6) is 0. The van der Waals surface area contributed by atoms with Crippen molar-refractivity contribution in [1.82, 2.24) is 4.90 Å². The Labute approximate surface area is 83.2 Å². The van der Waals surface area contributed by atoms with Crippen molar-refractivity contribution in [3.8, 4) is 0 Å². The molecule has 14 heavy (non-hydrogen) atoms. The van der Waals surface area contributed by atoms with Gasteiger partial charge in [0.2, 0.25) is 0 Å². The molecule has 2 heterocycles. The summed E-state index contributed by atoms with van der Waals surface area (Å²) in [7, 11) is 0. The Balaban J connectivity index is 1.91. The van der Waals surface area contributed by atoms with Gasteiger partial charge in [0.05, 0.1) is 12.0 Å². The molecule has 0 aromatic carbocycles. The van der Waals surface area contributed by atoms with E-state index in [2.05, 4.69) is 0 Å². The van der Waals surface area contributed by atoms with Gasteiger partial charge in [-0.1, -0.05) is 0 Å². The summed E-state index contributed by atoms with van der Waals surface area (Å²) in [5, 5.41) is 0. The molecule has 0 aromatic rings. The van der Waals surface area contributed by atoms with Crippen LogP contribution in [0.25, 0.3) is 0 Å². The molecule has 2 unspecified atom stereocenters. The van der Waals surface area contributed by atoms with Crippen LogP contribution in [0.1, 0.15) is 12.8 Å². The minimum Gasteiger partial charge on any atom is -0.380 e. The van der Waals surface area contributed by atoms with Gasteiger partial charge < -0.3 is 9.53 Å². The van der Waals surface area contributed by atoms with E-state index in [1.54, 1.807) is 0 Å². The number of likely N-dealkylation sites (tertiary alicyclic amines) is 1. The second-order valence-corrected chi connectivity index (χ2v) is 4.40. The van der Waals surface area contributed by atoms with Crippen molar-refractivity contribution in [2.24, 2.45) is 5.41 Å². The average Bonchev–Trinajstić information content (AvgIpc) is 2.77. The zero-order valence-corrected chi connectivity index (χ0v) is 8.25. The topological polar surface area (TPSA) is 29.5 Å². The lowest BCUT2D eigenvalue weighted by molar-refractivity contribution is -0.117. The Kier molecular flexibility index (Phi) is 2.83. The Bertz CT molecular complexity index is 216. The Morgan fingerprint density at radius 2 is 2.50 bits per heavy atom. The first-order valence-electron chi connectivity index (χ1n) is 5.15. The van der Waals surface area contributed by atoms with Gasteiger partial charge in [-0.2, -0.15) is 0 Å². The number of nitrogens with zero attached hydrogens (tertiary/aromatic N) is 1. The molecule has 0 aromatic heterocycles. The van der Waals surface area contributed by atoms with Gasteiger partial charge in [-0.05, 0) is 12.8 Å². The fourth-order valence-electron chi connectivity index (χ4n) is 2.25. The third-order valence-corrected chi connectivity index (χ3v) is 3.14. The highest BCUT2D eigenvalue weighted by Gasteiger charge is 2.38. The van der Waals surface area contributed by atoms with Gasteiger partial charge in [0.15, 0.2) is 0 Å². The number of hydrogen-bond donors (Lipinski definition) is 0. The Morgan fingerprint density at radius 3 is 3.00 bits per heavy atom. The molecule has 0 aliphatic carbocycles.